The number of aliphatic carboxylic acids is 1. The van der Waals surface area contributed by atoms with Crippen molar-refractivity contribution in [2.75, 3.05) is 13.1 Å². The van der Waals surface area contributed by atoms with E-state index in [2.05, 4.69) is 29.2 Å². The zero-order chi connectivity index (χ0) is 104. The summed E-state index contributed by atoms with van der Waals surface area (Å²) in [6, 6.07) is 1.99. The zero-order valence-corrected chi connectivity index (χ0v) is 87.6. The Morgan fingerprint density at radius 3 is 0.788 bits per heavy atom. The number of fused-ring (bicyclic) bond motifs is 2. The monoisotopic (exact) mass is 2060 g/mol. The molecule has 0 aliphatic carbocycles. The highest BCUT2D eigenvalue weighted by Crippen LogP contribution is 2.44. The van der Waals surface area contributed by atoms with Crippen molar-refractivity contribution >= 4 is 146 Å². The Kier molecular flexibility index (Phi) is 58.4. The van der Waals surface area contributed by atoms with Crippen LogP contribution in [0.4, 0.5) is 0 Å². The fraction of sp³-hybridized carbons (Fsp3) is 0.761. The quantitative estimate of drug-likeness (QED) is 0.0233. The van der Waals surface area contributed by atoms with Crippen molar-refractivity contribution in [3.05, 3.63) is 23.3 Å². The first-order valence-electron chi connectivity index (χ1n) is 47.7. The number of sulfone groups is 2. The molecule has 0 radical (unpaired) electrons. The van der Waals surface area contributed by atoms with Crippen molar-refractivity contribution < 1.29 is 163 Å². The molecule has 137 heavy (non-hydrogen) atoms. The van der Waals surface area contributed by atoms with E-state index in [1.54, 1.807) is 11.6 Å². The number of carbonyl (C=O) groups excluding carboxylic acids is 13. The molecular weight excluding hydrogens is 1910 g/mol. The number of nitrogens with one attached hydrogen (secondary N) is 3. The van der Waals surface area contributed by atoms with Gasteiger partial charge in [0.1, 0.15) is 16.8 Å². The predicted molar refractivity (Wildman–Crippen MR) is 504 cm³/mol. The number of rotatable bonds is 63. The lowest BCUT2D eigenvalue weighted by molar-refractivity contribution is -0.187. The van der Waals surface area contributed by atoms with Crippen LogP contribution >= 0.6 is 22.7 Å². The molecule has 16 atom stereocenters. The fourth-order valence-electron chi connectivity index (χ4n) is 13.7. The molecule has 4 rings (SSSR count). The van der Waals surface area contributed by atoms with Crippen molar-refractivity contribution in [1.29, 1.82) is 0 Å². The summed E-state index contributed by atoms with van der Waals surface area (Å²) in [6.07, 6.45) is 18.5. The van der Waals surface area contributed by atoms with E-state index in [1.165, 1.54) is 188 Å². The first-order valence-corrected chi connectivity index (χ1v) is 55.5. The Bertz CT molecular complexity index is 4670. The SMILES string of the molecule is CCCCCCCCCCCCCCCCCC(=O)O[C@@H](C)C(=O)O[C@@H](C)C(=O)O[C@@H](C)C(=O)O[C@@H](C)C(=O)O[C@@H](C)C(=O)O[C@@H](C)C(=O)NS(=O)(=O)c1cc2c(s1)S(=O)(=O)[C@@H](C)C[C@@H]2NCC.CCCCCCCCCCCCCCCCCC(=O)O[C@@H](C)C(=O)O[C@H](C)C(=O)O[C@H](C)C(=O)O[C@H](C)C(=O)O[C@H](C)C(=O)O[C@H](C)C(=O)O.CCN[C@H]1C[C@H](C)S(=O)(=O)c2sc(S(N)(=O)=O)cc21. The largest absolute Gasteiger partial charge is 0.479 e. The molecule has 0 bridgehead atoms. The molecular formula is C92H150N4O35S6. The fourth-order valence-corrected chi connectivity index (χ4v) is 23.2. The molecule has 1 amide bonds. The lowest BCUT2D eigenvalue weighted by Crippen LogP contribution is -2.41. The highest BCUT2D eigenvalue weighted by atomic mass is 32.3. The van der Waals surface area contributed by atoms with E-state index in [0.717, 1.165) is 105 Å². The summed E-state index contributed by atoms with van der Waals surface area (Å²) >= 11 is 1.24. The van der Waals surface area contributed by atoms with Crippen LogP contribution in [0, 0.1) is 0 Å². The minimum Gasteiger partial charge on any atom is -0.479 e. The van der Waals surface area contributed by atoms with Gasteiger partial charge in [0.25, 0.3) is 15.9 Å². The van der Waals surface area contributed by atoms with Gasteiger partial charge in [-0.15, -0.1) is 22.7 Å². The number of sulfonamides is 2. The number of esters is 12. The molecule has 6 N–H and O–H groups in total. The molecule has 0 unspecified atom stereocenters. The van der Waals surface area contributed by atoms with Crippen molar-refractivity contribution in [2.24, 2.45) is 5.14 Å². The van der Waals surface area contributed by atoms with Crippen molar-refractivity contribution in [3.8, 4) is 0 Å². The summed E-state index contributed by atoms with van der Waals surface area (Å²) in [5, 5.41) is 18.9. The summed E-state index contributed by atoms with van der Waals surface area (Å²) < 4.78 is 160. The number of carboxylic acid groups (broad SMARTS) is 1. The van der Waals surface area contributed by atoms with Crippen LogP contribution in [0.5, 0.6) is 0 Å². The maximum absolute atomic E-state index is 13.1. The van der Waals surface area contributed by atoms with Gasteiger partial charge in [-0.2, -0.15) is 0 Å². The molecule has 39 nitrogen and oxygen atoms in total. The summed E-state index contributed by atoms with van der Waals surface area (Å²) in [7, 11) is -15.8. The maximum Gasteiger partial charge on any atom is 0.347 e. The minimum atomic E-state index is -4.61. The van der Waals surface area contributed by atoms with Gasteiger partial charge in [0.2, 0.25) is 10.0 Å². The molecule has 2 aromatic rings. The van der Waals surface area contributed by atoms with E-state index >= 15 is 0 Å². The third kappa shape index (κ3) is 46.3. The summed E-state index contributed by atoms with van der Waals surface area (Å²) in [4.78, 5) is 172. The number of amides is 1. The van der Waals surface area contributed by atoms with Gasteiger partial charge in [-0.25, -0.2) is 96.3 Å². The van der Waals surface area contributed by atoms with Crippen LogP contribution in [-0.2, 0) is 164 Å². The molecule has 784 valence electrons. The number of nitrogens with two attached hydrogens (primary N) is 1. The zero-order valence-electron chi connectivity index (χ0n) is 82.7. The number of carboxylic acids is 1. The minimum absolute atomic E-state index is 0.0990. The maximum atomic E-state index is 13.1. The van der Waals surface area contributed by atoms with Crippen LogP contribution < -0.4 is 20.5 Å². The summed E-state index contributed by atoms with van der Waals surface area (Å²) in [5.41, 5.74) is 0.793. The summed E-state index contributed by atoms with van der Waals surface area (Å²) in [5.74, 6) is -15.2. The highest BCUT2D eigenvalue weighted by Gasteiger charge is 2.43. The van der Waals surface area contributed by atoms with Gasteiger partial charge in [-0.3, -0.25) is 14.4 Å². The van der Waals surface area contributed by atoms with E-state index in [1.807, 2.05) is 13.8 Å². The molecule has 0 spiro atoms. The van der Waals surface area contributed by atoms with Crippen LogP contribution in [0.25, 0.3) is 0 Å². The molecule has 0 saturated carbocycles. The first kappa shape index (κ1) is 125. The lowest BCUT2D eigenvalue weighted by Gasteiger charge is -2.27. The number of ether oxygens (including phenoxy) is 12. The Morgan fingerprint density at radius 1 is 0.343 bits per heavy atom. The van der Waals surface area contributed by atoms with Crippen LogP contribution in [0.3, 0.4) is 0 Å². The van der Waals surface area contributed by atoms with Gasteiger partial charge < -0.3 is 72.6 Å². The van der Waals surface area contributed by atoms with Gasteiger partial charge in [0.05, 0.1) is 10.5 Å². The Labute approximate surface area is 816 Å². The third-order valence-electron chi connectivity index (χ3n) is 22.1. The van der Waals surface area contributed by atoms with Crippen molar-refractivity contribution in [1.82, 2.24) is 15.4 Å². The molecule has 2 aliphatic heterocycles. The summed E-state index contributed by atoms with van der Waals surface area (Å²) in [6.45, 7) is 26.4. The number of hydrogen-bond donors (Lipinski definition) is 5. The molecule has 0 saturated heterocycles. The van der Waals surface area contributed by atoms with E-state index in [-0.39, 0.29) is 43.5 Å². The van der Waals surface area contributed by atoms with Crippen LogP contribution in [0.1, 0.15) is 366 Å². The van der Waals surface area contributed by atoms with Gasteiger partial charge in [0, 0.05) is 36.1 Å². The van der Waals surface area contributed by atoms with E-state index in [9.17, 15) is 101 Å². The Balaban J connectivity index is 0.000000797. The molecule has 2 aromatic heterocycles. The number of unbranched alkanes of at least 4 members (excludes halogenated alkanes) is 28. The van der Waals surface area contributed by atoms with Gasteiger partial charge in [-0.05, 0) is 148 Å². The average Bonchev–Trinajstić information content (AvgIpc) is 1.60. The molecule has 2 aliphatic rings. The van der Waals surface area contributed by atoms with Crippen molar-refractivity contribution in [3.63, 3.8) is 0 Å². The second kappa shape index (κ2) is 64.2. The molecule has 0 aromatic carbocycles. The van der Waals surface area contributed by atoms with Crippen LogP contribution in [-0.4, -0.2) is 219 Å². The topological polar surface area (TPSA) is 569 Å². The van der Waals surface area contributed by atoms with Crippen LogP contribution in [0.2, 0.25) is 0 Å². The van der Waals surface area contributed by atoms with Crippen molar-refractivity contribution in [2.45, 2.75) is 456 Å². The number of carbonyl (C=O) groups is 14. The van der Waals surface area contributed by atoms with E-state index in [4.69, 9.17) is 62.4 Å². The number of hydrogen-bond acceptors (Lipinski definition) is 38. The predicted octanol–water partition coefficient (Wildman–Crippen LogP) is 13.2. The second-order valence-electron chi connectivity index (χ2n) is 34.3. The highest BCUT2D eigenvalue weighted by molar-refractivity contribution is 7.96. The number of thiophene rings is 2. The standard InChI is InChI=1S/C46H74N2O17S3.C36H60O14.C10H16N2O4S3/c1-10-12-13-14-15-16-17-18-19-20-21-22-23-24-25-26-38(49)60-31(5)41(51)62-33(7)43(53)64-35(9)45(55)65-34(8)44(54)63-32(6)42(52)61-30(4)40(50)48-68(58,59)39-28-36-37(47-11-2)27-29(3)67(56,57)46(36)66-39;1-8-9-10-11-12-13-14-15-16-17-18-19-20-21-22-23-30(37)45-25(3)32(40)47-27(5)34(42)49-29(7)36(44)50-28(6)35(43)48-26(4)33(41)46-24(2)31(38)39;1-3-12-8-4-6(2)18(13,14)10-7(8)5-9(17-10)19(11,15)16/h28-35,37,47H,10-27H2,1-9H3,(H,48,50);24-29H,8-23H2,1-7H3,(H,38,39);5-6,8,12H,3-4H2,1-2H3,(H2,11,15,16)/t29-,30-,31-,32-,33-,34-,35-,37-;24-,25+,26-,27-,28-,29-;6-,8-/m010/s1. The second-order valence-corrected chi connectivity index (χ2v) is 45.3. The molecule has 45 heteroatoms. The van der Waals surface area contributed by atoms with Gasteiger partial charge >= 0.3 is 77.6 Å². The Hall–Kier alpha value is -8.34. The molecule has 4 heterocycles. The lowest BCUT2D eigenvalue weighted by atomic mass is 10.0. The smallest absolute Gasteiger partial charge is 0.347 e. The first-order chi connectivity index (χ1) is 64.2. The number of primary sulfonamides is 1. The average molecular weight is 2060 g/mol. The third-order valence-corrected chi connectivity index (χ3v) is 33.1. The normalized spacial score (nSPS) is 17.9. The van der Waals surface area contributed by atoms with Gasteiger partial charge in [0.15, 0.2) is 92.9 Å². The Morgan fingerprint density at radius 2 is 0.555 bits per heavy atom. The molecule has 0 fully saturated rings. The van der Waals surface area contributed by atoms with Crippen LogP contribution in [0.15, 0.2) is 29.0 Å². The van der Waals surface area contributed by atoms with Gasteiger partial charge in [-0.1, -0.05) is 207 Å². The van der Waals surface area contributed by atoms with E-state index < -0.39 is 217 Å². The van der Waals surface area contributed by atoms with E-state index in [0.29, 0.717) is 49.3 Å².